The normalized spacial score (nSPS) is 15.3. The fraction of sp³-hybridized carbons (Fsp3) is 0.727. The van der Waals surface area contributed by atoms with Crippen LogP contribution >= 0.6 is 0 Å². The molecule has 1 aliphatic carbocycles. The predicted octanol–water partition coefficient (Wildman–Crippen LogP) is 6.84. The van der Waals surface area contributed by atoms with Gasteiger partial charge in [0.1, 0.15) is 0 Å². The highest BCUT2D eigenvalue weighted by atomic mass is 16.2. The smallest absolute Gasteiger partial charge is 0.0319 e. The van der Waals surface area contributed by atoms with E-state index in [2.05, 4.69) is 72.7 Å². The molecular formula is C22H42O. The maximum Gasteiger partial charge on any atom is 0.0319 e. The van der Waals surface area contributed by atoms with Gasteiger partial charge in [0.15, 0.2) is 0 Å². The lowest BCUT2D eigenvalue weighted by atomic mass is 9.84. The third kappa shape index (κ3) is 13.3. The lowest BCUT2D eigenvalue weighted by Crippen LogP contribution is -2.05. The van der Waals surface area contributed by atoms with Crippen molar-refractivity contribution >= 4 is 0 Å². The van der Waals surface area contributed by atoms with E-state index in [9.17, 15) is 0 Å². The van der Waals surface area contributed by atoms with Crippen LogP contribution in [0.2, 0.25) is 0 Å². The molecule has 0 fully saturated rings. The van der Waals surface area contributed by atoms with Crippen LogP contribution in [0.15, 0.2) is 24.3 Å². The molecular weight excluding hydrogens is 280 g/mol. The second kappa shape index (κ2) is 16.1. The monoisotopic (exact) mass is 322 g/mol. The lowest BCUT2D eigenvalue weighted by Gasteiger charge is -2.21. The Morgan fingerprint density at radius 3 is 1.87 bits per heavy atom. The first-order valence-electron chi connectivity index (χ1n) is 9.44. The Bertz CT molecular complexity index is 350. The van der Waals surface area contributed by atoms with Gasteiger partial charge in [0.05, 0.1) is 0 Å². The second-order valence-electron chi connectivity index (χ2n) is 7.15. The highest BCUT2D eigenvalue weighted by molar-refractivity contribution is 5.31. The minimum Gasteiger partial charge on any atom is -0.400 e. The molecule has 0 aromatic heterocycles. The molecule has 0 spiro atoms. The molecule has 0 saturated heterocycles. The van der Waals surface area contributed by atoms with E-state index >= 15 is 0 Å². The van der Waals surface area contributed by atoms with Crippen molar-refractivity contribution in [3.63, 3.8) is 0 Å². The fourth-order valence-corrected chi connectivity index (χ4v) is 2.29. The number of rotatable bonds is 2. The van der Waals surface area contributed by atoms with Crippen molar-refractivity contribution in [2.24, 2.45) is 11.8 Å². The average Bonchev–Trinajstić information content (AvgIpc) is 2.56. The van der Waals surface area contributed by atoms with Gasteiger partial charge in [-0.2, -0.15) is 0 Å². The number of benzene rings is 1. The molecule has 0 saturated carbocycles. The van der Waals surface area contributed by atoms with Gasteiger partial charge >= 0.3 is 0 Å². The van der Waals surface area contributed by atoms with Gasteiger partial charge in [0, 0.05) is 7.11 Å². The topological polar surface area (TPSA) is 20.2 Å². The Morgan fingerprint density at radius 1 is 1.00 bits per heavy atom. The Kier molecular flexibility index (Phi) is 17.1. The van der Waals surface area contributed by atoms with E-state index in [1.165, 1.54) is 32.1 Å². The number of hydrogen-bond acceptors (Lipinski definition) is 1. The van der Waals surface area contributed by atoms with Crippen molar-refractivity contribution in [3.05, 3.63) is 35.4 Å². The average molecular weight is 323 g/mol. The van der Waals surface area contributed by atoms with Crippen LogP contribution in [0.3, 0.4) is 0 Å². The first-order chi connectivity index (χ1) is 10.9. The van der Waals surface area contributed by atoms with Gasteiger partial charge in [-0.1, -0.05) is 85.6 Å². The third-order valence-electron chi connectivity index (χ3n) is 4.06. The zero-order chi connectivity index (χ0) is 18.3. The molecule has 136 valence electrons. The second-order valence-corrected chi connectivity index (χ2v) is 7.15. The van der Waals surface area contributed by atoms with Gasteiger partial charge in [-0.3, -0.25) is 0 Å². The van der Waals surface area contributed by atoms with E-state index in [1.807, 2.05) is 0 Å². The third-order valence-corrected chi connectivity index (χ3v) is 4.06. The summed E-state index contributed by atoms with van der Waals surface area (Å²) in [6.07, 6.45) is 6.70. The molecule has 1 unspecified atom stereocenters. The molecule has 1 heteroatoms. The van der Waals surface area contributed by atoms with E-state index < -0.39 is 0 Å². The lowest BCUT2D eigenvalue weighted by molar-refractivity contribution is 0.399. The van der Waals surface area contributed by atoms with E-state index in [-0.39, 0.29) is 0 Å². The standard InChI is InChI=1S/C11H14.C6H14.C4H10.CH4O/c1-9-5-4-7-10-6-2-3-8-11(9)10;1-4-6(3)5-2;1-4(2)3;1-2/h2-3,6,8-9H,4-5,7H2,1H3;6H,4-5H2,1-3H3;4H,1-3H3;2H,1H3. The predicted molar refractivity (Wildman–Crippen MR) is 106 cm³/mol. The molecule has 1 nitrogen and oxygen atoms in total. The van der Waals surface area contributed by atoms with Crippen LogP contribution < -0.4 is 0 Å². The van der Waals surface area contributed by atoms with Gasteiger partial charge in [-0.15, -0.1) is 0 Å². The van der Waals surface area contributed by atoms with Gasteiger partial charge in [-0.25, -0.2) is 0 Å². The van der Waals surface area contributed by atoms with Crippen molar-refractivity contribution in [2.75, 3.05) is 7.11 Å². The molecule has 2 rings (SSSR count). The van der Waals surface area contributed by atoms with E-state index in [0.29, 0.717) is 0 Å². The largest absolute Gasteiger partial charge is 0.400 e. The van der Waals surface area contributed by atoms with Crippen molar-refractivity contribution in [3.8, 4) is 0 Å². The van der Waals surface area contributed by atoms with E-state index in [1.54, 1.807) is 11.1 Å². The maximum atomic E-state index is 7.00. The summed E-state index contributed by atoms with van der Waals surface area (Å²) in [6.45, 7) is 15.6. The summed E-state index contributed by atoms with van der Waals surface area (Å²) in [4.78, 5) is 0. The fourth-order valence-electron chi connectivity index (χ4n) is 2.29. The quantitative estimate of drug-likeness (QED) is 0.632. The molecule has 1 aliphatic rings. The summed E-state index contributed by atoms with van der Waals surface area (Å²) < 4.78 is 0. The Morgan fingerprint density at radius 2 is 1.48 bits per heavy atom. The first-order valence-corrected chi connectivity index (χ1v) is 9.44. The summed E-state index contributed by atoms with van der Waals surface area (Å²) >= 11 is 0. The number of aryl methyl sites for hydroxylation is 1. The van der Waals surface area contributed by atoms with Gasteiger partial charge in [0.25, 0.3) is 0 Å². The number of aliphatic hydroxyl groups excluding tert-OH is 1. The summed E-state index contributed by atoms with van der Waals surface area (Å²) in [6, 6.07) is 8.85. The first kappa shape index (κ1) is 24.4. The van der Waals surface area contributed by atoms with Gasteiger partial charge < -0.3 is 5.11 Å². The molecule has 1 aromatic carbocycles. The Hall–Kier alpha value is -0.820. The van der Waals surface area contributed by atoms with E-state index in [0.717, 1.165) is 24.9 Å². The van der Waals surface area contributed by atoms with Crippen LogP contribution in [0, 0.1) is 11.8 Å². The molecule has 1 atom stereocenters. The van der Waals surface area contributed by atoms with Crippen molar-refractivity contribution in [2.45, 2.75) is 86.5 Å². The van der Waals surface area contributed by atoms with Gasteiger partial charge in [-0.05, 0) is 48.1 Å². The number of fused-ring (bicyclic) bond motifs is 1. The summed E-state index contributed by atoms with van der Waals surface area (Å²) in [5.41, 5.74) is 3.16. The summed E-state index contributed by atoms with van der Waals surface area (Å²) in [5.74, 6) is 2.56. The van der Waals surface area contributed by atoms with Gasteiger partial charge in [0.2, 0.25) is 0 Å². The molecule has 1 aromatic rings. The van der Waals surface area contributed by atoms with Crippen LogP contribution in [0.1, 0.15) is 91.2 Å². The molecule has 0 amide bonds. The highest BCUT2D eigenvalue weighted by Crippen LogP contribution is 2.30. The minimum atomic E-state index is 0.792. The molecule has 0 radical (unpaired) electrons. The van der Waals surface area contributed by atoms with Crippen molar-refractivity contribution in [1.82, 2.24) is 0 Å². The number of hydrogen-bond donors (Lipinski definition) is 1. The van der Waals surface area contributed by atoms with E-state index in [4.69, 9.17) is 5.11 Å². The number of aliphatic hydroxyl groups is 1. The van der Waals surface area contributed by atoms with Crippen LogP contribution in [0.5, 0.6) is 0 Å². The zero-order valence-corrected chi connectivity index (χ0v) is 17.0. The van der Waals surface area contributed by atoms with Crippen molar-refractivity contribution in [1.29, 1.82) is 0 Å². The Balaban J connectivity index is 0. The SMILES string of the molecule is CC(C)C.CC1CCCc2ccccc21.CCC(C)CC.CO. The summed E-state index contributed by atoms with van der Waals surface area (Å²) in [7, 11) is 1.00. The van der Waals surface area contributed by atoms with Crippen LogP contribution in [-0.4, -0.2) is 12.2 Å². The Labute approximate surface area is 146 Å². The zero-order valence-electron chi connectivity index (χ0n) is 17.0. The maximum absolute atomic E-state index is 7.00. The molecule has 23 heavy (non-hydrogen) atoms. The highest BCUT2D eigenvalue weighted by Gasteiger charge is 2.14. The van der Waals surface area contributed by atoms with Crippen LogP contribution in [0.4, 0.5) is 0 Å². The van der Waals surface area contributed by atoms with Crippen molar-refractivity contribution < 1.29 is 5.11 Å². The molecule has 0 heterocycles. The van der Waals surface area contributed by atoms with Crippen LogP contribution in [0.25, 0.3) is 0 Å². The minimum absolute atomic E-state index is 0.792. The molecule has 1 N–H and O–H groups in total. The van der Waals surface area contributed by atoms with Crippen LogP contribution in [-0.2, 0) is 6.42 Å². The molecule has 0 aliphatic heterocycles. The molecule has 0 bridgehead atoms. The summed E-state index contributed by atoms with van der Waals surface area (Å²) in [5, 5.41) is 7.00.